The highest BCUT2D eigenvalue weighted by molar-refractivity contribution is 5.92. The number of rotatable bonds is 3. The van der Waals surface area contributed by atoms with E-state index >= 15 is 0 Å². The van der Waals surface area contributed by atoms with Crippen molar-refractivity contribution in [3.63, 3.8) is 0 Å². The van der Waals surface area contributed by atoms with Gasteiger partial charge in [0.25, 0.3) is 0 Å². The molecule has 106 valence electrons. The normalized spacial score (nSPS) is 28.6. The van der Waals surface area contributed by atoms with Crippen molar-refractivity contribution in [1.29, 1.82) is 0 Å². The minimum atomic E-state index is -0.984. The number of carboxylic acid groups (broad SMARTS) is 1. The highest BCUT2D eigenvalue weighted by Crippen LogP contribution is 2.46. The van der Waals surface area contributed by atoms with Crippen LogP contribution in [0.3, 0.4) is 0 Å². The minimum Gasteiger partial charge on any atom is -0.497 e. The number of carbonyl (C=O) groups excluding carboxylic acids is 1. The summed E-state index contributed by atoms with van der Waals surface area (Å²) in [6.45, 7) is 0.497. The van der Waals surface area contributed by atoms with Gasteiger partial charge in [-0.15, -0.1) is 0 Å². The van der Waals surface area contributed by atoms with Crippen LogP contribution in [0.2, 0.25) is 0 Å². The number of aliphatic carboxylic acids is 1. The maximum Gasteiger partial charge on any atom is 0.329 e. The van der Waals surface area contributed by atoms with Gasteiger partial charge in [0.15, 0.2) is 0 Å². The fourth-order valence-corrected chi connectivity index (χ4v) is 3.41. The maximum absolute atomic E-state index is 11.9. The van der Waals surface area contributed by atoms with Crippen LogP contribution in [0.1, 0.15) is 30.7 Å². The van der Waals surface area contributed by atoms with Gasteiger partial charge >= 0.3 is 5.97 Å². The topological polar surface area (TPSA) is 66.8 Å². The Morgan fingerprint density at radius 3 is 2.65 bits per heavy atom. The first-order chi connectivity index (χ1) is 9.56. The van der Waals surface area contributed by atoms with Gasteiger partial charge in [0.1, 0.15) is 11.3 Å². The Kier molecular flexibility index (Phi) is 2.92. The lowest BCUT2D eigenvalue weighted by molar-refractivity contribution is -0.151. The number of hydrogen-bond acceptors (Lipinski definition) is 3. The van der Waals surface area contributed by atoms with Gasteiger partial charge in [0, 0.05) is 18.9 Å². The van der Waals surface area contributed by atoms with Crippen LogP contribution in [0.5, 0.6) is 5.75 Å². The van der Waals surface area contributed by atoms with Crippen molar-refractivity contribution in [2.45, 2.75) is 30.7 Å². The second-order valence-corrected chi connectivity index (χ2v) is 5.52. The molecule has 0 spiro atoms. The lowest BCUT2D eigenvalue weighted by Gasteiger charge is -2.26. The molecule has 2 saturated heterocycles. The molecule has 0 saturated carbocycles. The Morgan fingerprint density at radius 1 is 1.40 bits per heavy atom. The number of methoxy groups -OCH3 is 1. The van der Waals surface area contributed by atoms with Gasteiger partial charge in [-0.1, -0.05) is 12.1 Å². The van der Waals surface area contributed by atoms with E-state index in [4.69, 9.17) is 4.74 Å². The zero-order valence-corrected chi connectivity index (χ0v) is 11.3. The molecule has 0 radical (unpaired) electrons. The summed E-state index contributed by atoms with van der Waals surface area (Å²) in [5.74, 6) is -0.0553. The summed E-state index contributed by atoms with van der Waals surface area (Å²) in [6, 6.07) is 7.64. The summed E-state index contributed by atoms with van der Waals surface area (Å²) >= 11 is 0. The van der Waals surface area contributed by atoms with Gasteiger partial charge in [-0.2, -0.15) is 0 Å². The molecule has 5 nitrogen and oxygen atoms in total. The van der Waals surface area contributed by atoms with Crippen molar-refractivity contribution in [2.24, 2.45) is 0 Å². The number of benzene rings is 1. The van der Waals surface area contributed by atoms with Gasteiger partial charge in [0.2, 0.25) is 5.91 Å². The molecular weight excluding hydrogens is 258 g/mol. The third-order valence-electron chi connectivity index (χ3n) is 4.54. The van der Waals surface area contributed by atoms with E-state index in [0.29, 0.717) is 25.8 Å². The van der Waals surface area contributed by atoms with E-state index in [0.717, 1.165) is 11.3 Å². The highest BCUT2D eigenvalue weighted by atomic mass is 16.5. The summed E-state index contributed by atoms with van der Waals surface area (Å²) in [5.41, 5.74) is 0.0791. The molecule has 2 aliphatic heterocycles. The lowest BCUT2D eigenvalue weighted by Crippen LogP contribution is -2.47. The zero-order valence-electron chi connectivity index (χ0n) is 11.3. The van der Waals surface area contributed by atoms with Crippen LogP contribution in [-0.2, 0) is 9.59 Å². The minimum absolute atomic E-state index is 0.0385. The molecule has 1 N–H and O–H groups in total. The first kappa shape index (κ1) is 13.0. The van der Waals surface area contributed by atoms with Crippen molar-refractivity contribution in [3.05, 3.63) is 29.8 Å². The van der Waals surface area contributed by atoms with Crippen molar-refractivity contribution < 1.29 is 19.4 Å². The van der Waals surface area contributed by atoms with E-state index in [1.54, 1.807) is 12.0 Å². The third-order valence-corrected chi connectivity index (χ3v) is 4.54. The van der Waals surface area contributed by atoms with E-state index in [-0.39, 0.29) is 11.8 Å². The standard InChI is InChI=1S/C15H17NO4/c1-20-12-4-2-10(3-5-12)11-8-15(14(18)19)7-6-13(17)16(15)9-11/h2-5,11H,6-9H2,1H3,(H,18,19)/t11-,15-/m1/s1. The number of carbonyl (C=O) groups is 2. The fourth-order valence-electron chi connectivity index (χ4n) is 3.41. The predicted octanol–water partition coefficient (Wildman–Crippen LogP) is 1.63. The summed E-state index contributed by atoms with van der Waals surface area (Å²) in [7, 11) is 1.61. The summed E-state index contributed by atoms with van der Waals surface area (Å²) < 4.78 is 5.12. The number of nitrogens with zero attached hydrogens (tertiary/aromatic N) is 1. The molecule has 20 heavy (non-hydrogen) atoms. The Bertz CT molecular complexity index is 553. The largest absolute Gasteiger partial charge is 0.497 e. The Labute approximate surface area is 117 Å². The van der Waals surface area contributed by atoms with Crippen LogP contribution in [0.15, 0.2) is 24.3 Å². The number of ether oxygens (including phenoxy) is 1. The fraction of sp³-hybridized carbons (Fsp3) is 0.467. The van der Waals surface area contributed by atoms with Crippen LogP contribution < -0.4 is 4.74 Å². The van der Waals surface area contributed by atoms with E-state index in [9.17, 15) is 14.7 Å². The Morgan fingerprint density at radius 2 is 2.10 bits per heavy atom. The Balaban J connectivity index is 1.87. The number of carboxylic acids is 1. The molecule has 2 fully saturated rings. The average Bonchev–Trinajstić information content (AvgIpc) is 2.98. The maximum atomic E-state index is 11.9. The van der Waals surface area contributed by atoms with Crippen molar-refractivity contribution >= 4 is 11.9 Å². The molecule has 2 aliphatic rings. The van der Waals surface area contributed by atoms with Gasteiger partial charge < -0.3 is 14.7 Å². The second kappa shape index (κ2) is 4.51. The molecule has 2 atom stereocenters. The molecule has 5 heteroatoms. The highest BCUT2D eigenvalue weighted by Gasteiger charge is 2.57. The average molecular weight is 275 g/mol. The molecule has 3 rings (SSSR count). The second-order valence-electron chi connectivity index (χ2n) is 5.52. The molecular formula is C15H17NO4. The van der Waals surface area contributed by atoms with Crippen LogP contribution >= 0.6 is 0 Å². The zero-order chi connectivity index (χ0) is 14.3. The van der Waals surface area contributed by atoms with Crippen LogP contribution in [0, 0.1) is 0 Å². The van der Waals surface area contributed by atoms with Crippen LogP contribution in [0.4, 0.5) is 0 Å². The SMILES string of the molecule is COc1ccc([C@H]2CN3C(=O)CC[C@]3(C(=O)O)C2)cc1. The molecule has 2 heterocycles. The predicted molar refractivity (Wildman–Crippen MR) is 71.7 cm³/mol. The summed E-state index contributed by atoms with van der Waals surface area (Å²) in [4.78, 5) is 25.1. The first-order valence-electron chi connectivity index (χ1n) is 6.74. The van der Waals surface area contributed by atoms with Gasteiger partial charge in [-0.25, -0.2) is 4.79 Å². The van der Waals surface area contributed by atoms with Crippen molar-refractivity contribution in [2.75, 3.05) is 13.7 Å². The number of hydrogen-bond donors (Lipinski definition) is 1. The van der Waals surface area contributed by atoms with Crippen LogP contribution in [0.25, 0.3) is 0 Å². The number of amides is 1. The molecule has 0 bridgehead atoms. The summed E-state index contributed by atoms with van der Waals surface area (Å²) in [5, 5.41) is 9.52. The van der Waals surface area contributed by atoms with E-state index < -0.39 is 11.5 Å². The van der Waals surface area contributed by atoms with Crippen LogP contribution in [-0.4, -0.2) is 41.1 Å². The number of fused-ring (bicyclic) bond motifs is 1. The Hall–Kier alpha value is -2.04. The third kappa shape index (κ3) is 1.77. The monoisotopic (exact) mass is 275 g/mol. The molecule has 1 amide bonds. The van der Waals surface area contributed by atoms with E-state index in [1.165, 1.54) is 0 Å². The van der Waals surface area contributed by atoms with Crippen molar-refractivity contribution in [1.82, 2.24) is 4.90 Å². The lowest BCUT2D eigenvalue weighted by atomic mass is 9.87. The van der Waals surface area contributed by atoms with Crippen molar-refractivity contribution in [3.8, 4) is 5.75 Å². The van der Waals surface area contributed by atoms with Gasteiger partial charge in [0.05, 0.1) is 7.11 Å². The molecule has 1 aromatic carbocycles. The molecule has 0 unspecified atom stereocenters. The summed E-state index contributed by atoms with van der Waals surface area (Å²) in [6.07, 6.45) is 1.27. The molecule has 1 aromatic rings. The van der Waals surface area contributed by atoms with Gasteiger partial charge in [-0.3, -0.25) is 4.79 Å². The first-order valence-corrected chi connectivity index (χ1v) is 6.74. The molecule has 0 aromatic heterocycles. The smallest absolute Gasteiger partial charge is 0.329 e. The van der Waals surface area contributed by atoms with E-state index in [1.807, 2.05) is 24.3 Å². The molecule has 0 aliphatic carbocycles. The quantitative estimate of drug-likeness (QED) is 0.910. The van der Waals surface area contributed by atoms with E-state index in [2.05, 4.69) is 0 Å². The van der Waals surface area contributed by atoms with Gasteiger partial charge in [-0.05, 0) is 30.5 Å².